The molecule has 2 amide bonds. The lowest BCUT2D eigenvalue weighted by Gasteiger charge is -2.43. The van der Waals surface area contributed by atoms with Crippen LogP contribution in [0.2, 0.25) is 5.02 Å². The Labute approximate surface area is 213 Å². The second kappa shape index (κ2) is 11.9. The van der Waals surface area contributed by atoms with Crippen molar-refractivity contribution in [3.05, 3.63) is 28.8 Å². The van der Waals surface area contributed by atoms with E-state index in [1.807, 2.05) is 28.9 Å². The van der Waals surface area contributed by atoms with Crippen LogP contribution in [0.4, 0.5) is 0 Å². The minimum absolute atomic E-state index is 0.0197. The average molecular weight is 508 g/mol. The minimum atomic E-state index is -0.907. The number of piperazine rings is 1. The van der Waals surface area contributed by atoms with Crippen molar-refractivity contribution in [2.24, 2.45) is 0 Å². The number of halogens is 1. The number of benzene rings is 1. The Balaban J connectivity index is 1.46. The van der Waals surface area contributed by atoms with Gasteiger partial charge in [0, 0.05) is 44.4 Å². The van der Waals surface area contributed by atoms with Gasteiger partial charge >= 0.3 is 0 Å². The van der Waals surface area contributed by atoms with Crippen molar-refractivity contribution in [1.29, 1.82) is 0 Å². The molecule has 0 spiro atoms. The van der Waals surface area contributed by atoms with Crippen molar-refractivity contribution in [3.8, 4) is 5.75 Å². The Hall–Kier alpha value is -1.87. The van der Waals surface area contributed by atoms with Crippen LogP contribution >= 0.6 is 11.6 Å². The van der Waals surface area contributed by atoms with E-state index >= 15 is 0 Å². The van der Waals surface area contributed by atoms with Crippen LogP contribution in [0.5, 0.6) is 5.75 Å². The lowest BCUT2D eigenvalue weighted by Crippen LogP contribution is -2.59. The number of likely N-dealkylation sites (N-methyl/N-ethyl adjacent to an activating group) is 1. The number of carbonyl (C=O) groups excluding carboxylic acids is 2. The molecular formula is C26H38ClN3O5. The number of nitrogens with zero attached hydrogens (tertiary/aromatic N) is 3. The summed E-state index contributed by atoms with van der Waals surface area (Å²) < 4.78 is 18.2. The number of aryl methyl sites for hydroxylation is 1. The van der Waals surface area contributed by atoms with E-state index in [-0.39, 0.29) is 30.9 Å². The van der Waals surface area contributed by atoms with E-state index in [1.54, 1.807) is 6.07 Å². The topological polar surface area (TPSA) is 71.6 Å². The van der Waals surface area contributed by atoms with Gasteiger partial charge < -0.3 is 28.9 Å². The quantitative estimate of drug-likeness (QED) is 0.565. The molecule has 0 unspecified atom stereocenters. The number of hydrogen-bond donors (Lipinski definition) is 0. The molecular weight excluding hydrogens is 470 g/mol. The van der Waals surface area contributed by atoms with Gasteiger partial charge in [0.25, 0.3) is 0 Å². The third-order valence-corrected chi connectivity index (χ3v) is 7.66. The highest BCUT2D eigenvalue weighted by Gasteiger charge is 2.42. The third-order valence-electron chi connectivity index (χ3n) is 7.24. The van der Waals surface area contributed by atoms with Crippen molar-refractivity contribution in [3.63, 3.8) is 0 Å². The minimum Gasteiger partial charge on any atom is -0.490 e. The summed E-state index contributed by atoms with van der Waals surface area (Å²) in [7, 11) is 2.06. The number of rotatable bonds is 7. The molecule has 3 aliphatic heterocycles. The molecule has 35 heavy (non-hydrogen) atoms. The van der Waals surface area contributed by atoms with Crippen LogP contribution < -0.4 is 4.74 Å². The van der Waals surface area contributed by atoms with E-state index in [2.05, 4.69) is 11.9 Å². The molecule has 0 bridgehead atoms. The van der Waals surface area contributed by atoms with E-state index in [1.165, 1.54) is 0 Å². The molecule has 9 heteroatoms. The molecule has 194 valence electrons. The van der Waals surface area contributed by atoms with E-state index in [0.717, 1.165) is 44.5 Å². The zero-order valence-electron chi connectivity index (χ0n) is 21.0. The van der Waals surface area contributed by atoms with Crippen molar-refractivity contribution < 1.29 is 23.8 Å². The summed E-state index contributed by atoms with van der Waals surface area (Å²) in [5.74, 6) is 0.763. The van der Waals surface area contributed by atoms with Crippen LogP contribution in [0.3, 0.4) is 0 Å². The van der Waals surface area contributed by atoms with Crippen molar-refractivity contribution in [2.45, 2.75) is 50.7 Å². The predicted octanol–water partition coefficient (Wildman–Crippen LogP) is 2.75. The lowest BCUT2D eigenvalue weighted by molar-refractivity contribution is -0.168. The largest absolute Gasteiger partial charge is 0.490 e. The molecule has 0 N–H and O–H groups in total. The molecule has 0 radical (unpaired) electrons. The van der Waals surface area contributed by atoms with Crippen molar-refractivity contribution >= 4 is 23.4 Å². The monoisotopic (exact) mass is 507 g/mol. The highest BCUT2D eigenvalue weighted by atomic mass is 35.5. The summed E-state index contributed by atoms with van der Waals surface area (Å²) >= 11 is 6.17. The number of amides is 2. The van der Waals surface area contributed by atoms with Gasteiger partial charge in [-0.1, -0.05) is 11.6 Å². The highest BCUT2D eigenvalue weighted by molar-refractivity contribution is 6.31. The predicted molar refractivity (Wildman–Crippen MR) is 134 cm³/mol. The van der Waals surface area contributed by atoms with E-state index in [4.69, 9.17) is 25.8 Å². The summed E-state index contributed by atoms with van der Waals surface area (Å²) in [6, 6.07) is 5.50. The maximum atomic E-state index is 13.3. The molecule has 0 saturated carbocycles. The fraction of sp³-hybridized carbons (Fsp3) is 0.692. The number of hydrogen-bond acceptors (Lipinski definition) is 6. The molecule has 2 atom stereocenters. The van der Waals surface area contributed by atoms with Gasteiger partial charge in [0.05, 0.1) is 32.1 Å². The molecule has 0 aromatic heterocycles. The molecule has 3 heterocycles. The number of ether oxygens (including phenoxy) is 3. The first kappa shape index (κ1) is 26.2. The summed E-state index contributed by atoms with van der Waals surface area (Å²) in [4.78, 5) is 32.4. The van der Waals surface area contributed by atoms with Crippen LogP contribution in [-0.4, -0.2) is 104 Å². The zero-order chi connectivity index (χ0) is 24.8. The Morgan fingerprint density at radius 2 is 1.89 bits per heavy atom. The average Bonchev–Trinajstić information content (AvgIpc) is 2.86. The van der Waals surface area contributed by atoms with Gasteiger partial charge in [-0.2, -0.15) is 0 Å². The highest BCUT2D eigenvalue weighted by Crippen LogP contribution is 2.28. The van der Waals surface area contributed by atoms with Gasteiger partial charge in [-0.15, -0.1) is 0 Å². The molecule has 1 aromatic rings. The maximum Gasteiger partial charge on any atom is 0.225 e. The Bertz CT molecular complexity index is 886. The third kappa shape index (κ3) is 7.09. The first-order valence-electron chi connectivity index (χ1n) is 12.7. The van der Waals surface area contributed by atoms with Gasteiger partial charge in [0.2, 0.25) is 11.8 Å². The summed E-state index contributed by atoms with van der Waals surface area (Å²) in [6.07, 6.45) is 3.60. The second-order valence-corrected chi connectivity index (χ2v) is 10.5. The van der Waals surface area contributed by atoms with E-state index in [9.17, 15) is 9.59 Å². The number of morpholine rings is 1. The van der Waals surface area contributed by atoms with Crippen LogP contribution in [0.15, 0.2) is 18.2 Å². The fourth-order valence-electron chi connectivity index (χ4n) is 4.96. The molecule has 3 fully saturated rings. The van der Waals surface area contributed by atoms with E-state index < -0.39 is 5.60 Å². The molecule has 4 rings (SSSR count). The summed E-state index contributed by atoms with van der Waals surface area (Å²) in [5.41, 5.74) is 0.00977. The molecule has 1 aromatic carbocycles. The van der Waals surface area contributed by atoms with Gasteiger partial charge in [-0.05, 0) is 57.0 Å². The Kier molecular flexibility index (Phi) is 8.92. The number of carbonyl (C=O) groups is 2. The fourth-order valence-corrected chi connectivity index (χ4v) is 5.08. The molecule has 3 aliphatic rings. The normalized spacial score (nSPS) is 26.0. The van der Waals surface area contributed by atoms with Gasteiger partial charge in [-0.25, -0.2) is 0 Å². The first-order chi connectivity index (χ1) is 16.8. The van der Waals surface area contributed by atoms with Crippen LogP contribution in [0.1, 0.15) is 37.7 Å². The van der Waals surface area contributed by atoms with Gasteiger partial charge in [-0.3, -0.25) is 9.59 Å². The molecule has 8 nitrogen and oxygen atoms in total. The van der Waals surface area contributed by atoms with Crippen LogP contribution in [0, 0.1) is 6.92 Å². The van der Waals surface area contributed by atoms with Crippen molar-refractivity contribution in [1.82, 2.24) is 14.7 Å². The Morgan fingerprint density at radius 1 is 1.09 bits per heavy atom. The summed E-state index contributed by atoms with van der Waals surface area (Å²) in [5, 5.41) is 0.674. The van der Waals surface area contributed by atoms with Crippen LogP contribution in [-0.2, 0) is 19.1 Å². The zero-order valence-corrected chi connectivity index (χ0v) is 21.7. The van der Waals surface area contributed by atoms with Gasteiger partial charge in [0.1, 0.15) is 18.0 Å². The molecule has 0 aliphatic carbocycles. The summed E-state index contributed by atoms with van der Waals surface area (Å²) in [6.45, 7) is 7.13. The Morgan fingerprint density at radius 3 is 2.60 bits per heavy atom. The van der Waals surface area contributed by atoms with Gasteiger partial charge in [0.15, 0.2) is 0 Å². The lowest BCUT2D eigenvalue weighted by atomic mass is 9.96. The van der Waals surface area contributed by atoms with Crippen molar-refractivity contribution in [2.75, 3.05) is 66.1 Å². The first-order valence-corrected chi connectivity index (χ1v) is 13.1. The maximum absolute atomic E-state index is 13.3. The van der Waals surface area contributed by atoms with Crippen LogP contribution in [0.25, 0.3) is 0 Å². The smallest absolute Gasteiger partial charge is 0.225 e. The SMILES string of the molecule is Cc1cc(OC[C@]2(CC(=O)N3CCN(C)CC3)CN(C(=O)C[C@H]3CCCCO3)CCO2)ccc1Cl. The standard InChI is InChI=1S/C26H38ClN3O5/c1-20-15-22(6-7-23(20)27)34-19-26(17-25(32)29-10-8-28(2)9-11-29)18-30(12-14-35-26)24(31)16-21-5-3-4-13-33-21/h6-7,15,21H,3-5,8-14,16-19H2,1-2H3/t21-,26+/m1/s1. The second-order valence-electron chi connectivity index (χ2n) is 10.1. The molecule has 3 saturated heterocycles. The van der Waals surface area contributed by atoms with E-state index in [0.29, 0.717) is 50.0 Å².